The topological polar surface area (TPSA) is 99.2 Å². The van der Waals surface area contributed by atoms with Gasteiger partial charge in [0.2, 0.25) is 5.91 Å². The number of nitrogens with zero attached hydrogens (tertiary/aromatic N) is 2. The van der Waals surface area contributed by atoms with Gasteiger partial charge in [-0.25, -0.2) is 4.79 Å². The van der Waals surface area contributed by atoms with E-state index >= 15 is 0 Å². The summed E-state index contributed by atoms with van der Waals surface area (Å²) in [7, 11) is 3.46. The van der Waals surface area contributed by atoms with E-state index in [1.807, 2.05) is 24.3 Å². The maximum atomic E-state index is 12.4. The number of carbonyl (C=O) groups is 3. The van der Waals surface area contributed by atoms with Gasteiger partial charge >= 0.3 is 12.0 Å². The Kier molecular flexibility index (Phi) is 8.10. The Labute approximate surface area is 165 Å². The van der Waals surface area contributed by atoms with Gasteiger partial charge in [-0.1, -0.05) is 12.1 Å². The summed E-state index contributed by atoms with van der Waals surface area (Å²) in [6.45, 7) is 2.00. The van der Waals surface area contributed by atoms with Crippen LogP contribution in [0, 0.1) is 5.92 Å². The molecule has 0 unspecified atom stereocenters. The summed E-state index contributed by atoms with van der Waals surface area (Å²) >= 11 is 0. The lowest BCUT2D eigenvalue weighted by Crippen LogP contribution is -2.46. The molecule has 0 saturated carbocycles. The molecule has 1 aliphatic rings. The van der Waals surface area contributed by atoms with E-state index in [-0.39, 0.29) is 24.3 Å². The largest absolute Gasteiger partial charge is 0.494 e. The number of carboxylic acids is 1. The van der Waals surface area contributed by atoms with E-state index in [2.05, 4.69) is 5.32 Å². The molecule has 8 heteroatoms. The highest BCUT2D eigenvalue weighted by atomic mass is 16.5. The van der Waals surface area contributed by atoms with Crippen LogP contribution < -0.4 is 10.1 Å². The van der Waals surface area contributed by atoms with Crippen molar-refractivity contribution >= 4 is 17.9 Å². The van der Waals surface area contributed by atoms with Gasteiger partial charge in [-0.3, -0.25) is 9.59 Å². The molecule has 2 rings (SSSR count). The van der Waals surface area contributed by atoms with Gasteiger partial charge in [0.1, 0.15) is 5.75 Å². The first-order valence-electron chi connectivity index (χ1n) is 9.54. The molecule has 1 aromatic rings. The third-order valence-electron chi connectivity index (χ3n) is 4.71. The van der Waals surface area contributed by atoms with E-state index in [1.165, 1.54) is 0 Å². The average molecular weight is 391 g/mol. The van der Waals surface area contributed by atoms with Crippen LogP contribution in [0.2, 0.25) is 0 Å². The molecule has 1 saturated heterocycles. The number of amides is 3. The summed E-state index contributed by atoms with van der Waals surface area (Å²) in [6.07, 6.45) is 1.90. The minimum Gasteiger partial charge on any atom is -0.494 e. The minimum absolute atomic E-state index is 0.0101. The maximum absolute atomic E-state index is 12.4. The quantitative estimate of drug-likeness (QED) is 0.660. The van der Waals surface area contributed by atoms with E-state index in [1.54, 1.807) is 23.9 Å². The summed E-state index contributed by atoms with van der Waals surface area (Å²) in [6, 6.07) is 7.38. The highest BCUT2D eigenvalue weighted by Crippen LogP contribution is 2.19. The van der Waals surface area contributed by atoms with Crippen LogP contribution in [0.4, 0.5) is 4.79 Å². The van der Waals surface area contributed by atoms with Crippen molar-refractivity contribution < 1.29 is 24.2 Å². The predicted molar refractivity (Wildman–Crippen MR) is 104 cm³/mol. The first-order chi connectivity index (χ1) is 13.4. The molecule has 0 aliphatic carbocycles. The van der Waals surface area contributed by atoms with Crippen molar-refractivity contribution in [2.75, 3.05) is 33.8 Å². The van der Waals surface area contributed by atoms with Gasteiger partial charge in [0.05, 0.1) is 6.61 Å². The van der Waals surface area contributed by atoms with Crippen LogP contribution in [-0.2, 0) is 16.1 Å². The average Bonchev–Trinajstić information content (AvgIpc) is 2.69. The molecule has 0 atom stereocenters. The van der Waals surface area contributed by atoms with E-state index in [4.69, 9.17) is 9.84 Å². The Bertz CT molecular complexity index is 667. The van der Waals surface area contributed by atoms with Crippen molar-refractivity contribution in [2.45, 2.75) is 32.2 Å². The zero-order valence-corrected chi connectivity index (χ0v) is 16.5. The fraction of sp³-hybridized carbons (Fsp3) is 0.550. The zero-order chi connectivity index (χ0) is 20.5. The molecule has 28 heavy (non-hydrogen) atoms. The summed E-state index contributed by atoms with van der Waals surface area (Å²) in [4.78, 5) is 38.1. The number of hydrogen-bond acceptors (Lipinski definition) is 4. The van der Waals surface area contributed by atoms with Crippen LogP contribution in [0.5, 0.6) is 5.75 Å². The van der Waals surface area contributed by atoms with Gasteiger partial charge in [-0.15, -0.1) is 0 Å². The molecular formula is C20H29N3O5. The van der Waals surface area contributed by atoms with Crippen molar-refractivity contribution in [3.8, 4) is 5.75 Å². The number of nitrogens with one attached hydrogen (secondary N) is 1. The molecule has 0 radical (unpaired) electrons. The molecule has 2 N–H and O–H groups in total. The standard InChI is InChI=1S/C20H29N3O5/c1-22(2)20(27)23-11-9-16(10-12-23)19(26)21-14-15-5-7-17(8-6-15)28-13-3-4-18(24)25/h5-8,16H,3-4,9-14H2,1-2H3,(H,21,26)(H,24,25). The number of benzene rings is 1. The summed E-state index contributed by atoms with van der Waals surface area (Å²) in [5.74, 6) is -0.197. The first-order valence-corrected chi connectivity index (χ1v) is 9.54. The third-order valence-corrected chi connectivity index (χ3v) is 4.71. The van der Waals surface area contributed by atoms with E-state index in [0.717, 1.165) is 5.56 Å². The SMILES string of the molecule is CN(C)C(=O)N1CCC(C(=O)NCc2ccc(OCCCC(=O)O)cc2)CC1. The van der Waals surface area contributed by atoms with E-state index in [0.29, 0.717) is 51.3 Å². The van der Waals surface area contributed by atoms with Gasteiger partial charge < -0.3 is 25.0 Å². The van der Waals surface area contributed by atoms with Gasteiger partial charge in [-0.05, 0) is 37.0 Å². The van der Waals surface area contributed by atoms with Crippen LogP contribution in [0.1, 0.15) is 31.2 Å². The molecule has 1 aromatic carbocycles. The summed E-state index contributed by atoms with van der Waals surface area (Å²) < 4.78 is 5.49. The number of carbonyl (C=O) groups excluding carboxylic acids is 2. The third kappa shape index (κ3) is 6.75. The minimum atomic E-state index is -0.829. The van der Waals surface area contributed by atoms with Gasteiger partial charge in [0.15, 0.2) is 0 Å². The number of rotatable bonds is 8. The molecule has 154 valence electrons. The monoisotopic (exact) mass is 391 g/mol. The summed E-state index contributed by atoms with van der Waals surface area (Å²) in [5.41, 5.74) is 0.964. The second-order valence-electron chi connectivity index (χ2n) is 7.15. The number of likely N-dealkylation sites (tertiary alicyclic amines) is 1. The number of carboxylic acid groups (broad SMARTS) is 1. The zero-order valence-electron chi connectivity index (χ0n) is 16.5. The number of ether oxygens (including phenoxy) is 1. The number of hydrogen-bond donors (Lipinski definition) is 2. The predicted octanol–water partition coefficient (Wildman–Crippen LogP) is 1.94. The maximum Gasteiger partial charge on any atom is 0.319 e. The normalized spacial score (nSPS) is 14.4. The molecule has 1 heterocycles. The van der Waals surface area contributed by atoms with Crippen molar-refractivity contribution in [1.82, 2.24) is 15.1 Å². The molecular weight excluding hydrogens is 362 g/mol. The summed E-state index contributed by atoms with van der Waals surface area (Å²) in [5, 5.41) is 11.6. The van der Waals surface area contributed by atoms with Crippen LogP contribution in [0.15, 0.2) is 24.3 Å². The first kappa shape index (κ1) is 21.5. The van der Waals surface area contributed by atoms with E-state index < -0.39 is 5.97 Å². The fourth-order valence-electron chi connectivity index (χ4n) is 3.07. The van der Waals surface area contributed by atoms with Crippen molar-refractivity contribution in [3.05, 3.63) is 29.8 Å². The molecule has 3 amide bonds. The molecule has 1 aliphatic heterocycles. The number of aliphatic carboxylic acids is 1. The van der Waals surface area contributed by atoms with Gasteiger partial charge in [0, 0.05) is 46.1 Å². The van der Waals surface area contributed by atoms with E-state index in [9.17, 15) is 14.4 Å². The Hall–Kier alpha value is -2.77. The highest BCUT2D eigenvalue weighted by Gasteiger charge is 2.27. The molecule has 0 spiro atoms. The molecule has 8 nitrogen and oxygen atoms in total. The van der Waals surface area contributed by atoms with Gasteiger partial charge in [-0.2, -0.15) is 0 Å². The van der Waals surface area contributed by atoms with Crippen LogP contribution in [-0.4, -0.2) is 66.6 Å². The Morgan fingerprint density at radius 1 is 1.18 bits per heavy atom. The molecule has 1 fully saturated rings. The molecule has 0 bridgehead atoms. The van der Waals surface area contributed by atoms with Crippen LogP contribution in [0.3, 0.4) is 0 Å². The smallest absolute Gasteiger partial charge is 0.319 e. The van der Waals surface area contributed by atoms with Crippen molar-refractivity contribution in [2.24, 2.45) is 5.92 Å². The Balaban J connectivity index is 1.70. The second-order valence-corrected chi connectivity index (χ2v) is 7.15. The highest BCUT2D eigenvalue weighted by molar-refractivity contribution is 5.79. The van der Waals surface area contributed by atoms with Crippen LogP contribution in [0.25, 0.3) is 0 Å². The van der Waals surface area contributed by atoms with Crippen molar-refractivity contribution in [3.63, 3.8) is 0 Å². The lowest BCUT2D eigenvalue weighted by Gasteiger charge is -2.33. The van der Waals surface area contributed by atoms with Crippen LogP contribution >= 0.6 is 0 Å². The second kappa shape index (κ2) is 10.5. The Morgan fingerprint density at radius 2 is 1.82 bits per heavy atom. The number of urea groups is 1. The lowest BCUT2D eigenvalue weighted by molar-refractivity contribution is -0.137. The Morgan fingerprint density at radius 3 is 2.39 bits per heavy atom. The fourth-order valence-corrected chi connectivity index (χ4v) is 3.07. The lowest BCUT2D eigenvalue weighted by atomic mass is 9.96. The number of piperidine rings is 1. The van der Waals surface area contributed by atoms with Crippen molar-refractivity contribution in [1.29, 1.82) is 0 Å². The van der Waals surface area contributed by atoms with Gasteiger partial charge in [0.25, 0.3) is 0 Å². The molecule has 0 aromatic heterocycles.